The Hall–Kier alpha value is -0.0800. The molecule has 0 saturated carbocycles. The van der Waals surface area contributed by atoms with Gasteiger partial charge in [0.05, 0.1) is 0 Å². The zero-order valence-corrected chi connectivity index (χ0v) is 12.3. The van der Waals surface area contributed by atoms with Crippen LogP contribution in [0.4, 0.5) is 0 Å². The standard InChI is InChI=1S/C15H32N2/c1-5-9-16-15-8-10-17(11-13(4)6-2)12-14(15)7-3/h13-16H,5-12H2,1-4H3. The summed E-state index contributed by atoms with van der Waals surface area (Å²) in [5, 5.41) is 3.73. The van der Waals surface area contributed by atoms with Crippen LogP contribution in [0, 0.1) is 11.8 Å². The Morgan fingerprint density at radius 2 is 2.06 bits per heavy atom. The number of nitrogens with zero attached hydrogens (tertiary/aromatic N) is 1. The molecule has 0 aliphatic carbocycles. The van der Waals surface area contributed by atoms with Crippen molar-refractivity contribution >= 4 is 0 Å². The van der Waals surface area contributed by atoms with E-state index in [1.807, 2.05) is 0 Å². The molecule has 102 valence electrons. The molecule has 0 aromatic heterocycles. The molecule has 1 saturated heterocycles. The molecule has 1 rings (SSSR count). The van der Waals surface area contributed by atoms with Gasteiger partial charge in [-0.25, -0.2) is 0 Å². The van der Waals surface area contributed by atoms with Crippen molar-refractivity contribution in [3.05, 3.63) is 0 Å². The smallest absolute Gasteiger partial charge is 0.0120 e. The first-order chi connectivity index (χ1) is 8.21. The summed E-state index contributed by atoms with van der Waals surface area (Å²) in [6, 6.07) is 0.771. The molecule has 1 fully saturated rings. The van der Waals surface area contributed by atoms with E-state index in [2.05, 4.69) is 37.9 Å². The van der Waals surface area contributed by atoms with Gasteiger partial charge < -0.3 is 10.2 Å². The van der Waals surface area contributed by atoms with E-state index in [-0.39, 0.29) is 0 Å². The highest BCUT2D eigenvalue weighted by Crippen LogP contribution is 2.21. The van der Waals surface area contributed by atoms with Crippen molar-refractivity contribution in [2.45, 2.75) is 59.4 Å². The lowest BCUT2D eigenvalue weighted by Crippen LogP contribution is -2.50. The van der Waals surface area contributed by atoms with Crippen LogP contribution in [0.25, 0.3) is 0 Å². The number of piperidine rings is 1. The van der Waals surface area contributed by atoms with Crippen molar-refractivity contribution in [3.8, 4) is 0 Å². The van der Waals surface area contributed by atoms with E-state index in [1.54, 1.807) is 0 Å². The van der Waals surface area contributed by atoms with Gasteiger partial charge >= 0.3 is 0 Å². The molecule has 1 aliphatic heterocycles. The van der Waals surface area contributed by atoms with Gasteiger partial charge in [0.1, 0.15) is 0 Å². The molecule has 0 radical (unpaired) electrons. The molecule has 2 nitrogen and oxygen atoms in total. The highest BCUT2D eigenvalue weighted by molar-refractivity contribution is 4.84. The molecule has 17 heavy (non-hydrogen) atoms. The van der Waals surface area contributed by atoms with E-state index in [0.29, 0.717) is 0 Å². The first-order valence-electron chi connectivity index (χ1n) is 7.66. The largest absolute Gasteiger partial charge is 0.314 e. The van der Waals surface area contributed by atoms with Crippen molar-refractivity contribution in [3.63, 3.8) is 0 Å². The molecule has 0 bridgehead atoms. The summed E-state index contributed by atoms with van der Waals surface area (Å²) in [5.41, 5.74) is 0. The zero-order valence-electron chi connectivity index (χ0n) is 12.3. The van der Waals surface area contributed by atoms with E-state index < -0.39 is 0 Å². The minimum absolute atomic E-state index is 0.771. The van der Waals surface area contributed by atoms with Crippen molar-refractivity contribution in [2.75, 3.05) is 26.2 Å². The first-order valence-corrected chi connectivity index (χ1v) is 7.66. The summed E-state index contributed by atoms with van der Waals surface area (Å²) >= 11 is 0. The second kappa shape index (κ2) is 8.10. The molecule has 3 unspecified atom stereocenters. The van der Waals surface area contributed by atoms with Crippen molar-refractivity contribution in [1.82, 2.24) is 10.2 Å². The summed E-state index contributed by atoms with van der Waals surface area (Å²) in [6.07, 6.45) is 5.22. The van der Waals surface area contributed by atoms with Gasteiger partial charge in [0.15, 0.2) is 0 Å². The number of hydrogen-bond donors (Lipinski definition) is 1. The normalized spacial score (nSPS) is 28.2. The van der Waals surface area contributed by atoms with Gasteiger partial charge in [-0.05, 0) is 37.8 Å². The molecule has 1 heterocycles. The Balaban J connectivity index is 2.37. The highest BCUT2D eigenvalue weighted by Gasteiger charge is 2.27. The van der Waals surface area contributed by atoms with E-state index in [9.17, 15) is 0 Å². The third-order valence-electron chi connectivity index (χ3n) is 4.27. The fourth-order valence-electron chi connectivity index (χ4n) is 2.86. The summed E-state index contributed by atoms with van der Waals surface area (Å²) in [4.78, 5) is 2.69. The molecular weight excluding hydrogens is 208 g/mol. The highest BCUT2D eigenvalue weighted by atomic mass is 15.1. The molecular formula is C15H32N2. The van der Waals surface area contributed by atoms with Crippen LogP contribution in [0.5, 0.6) is 0 Å². The van der Waals surface area contributed by atoms with Gasteiger partial charge in [-0.1, -0.05) is 40.5 Å². The van der Waals surface area contributed by atoms with E-state index in [1.165, 1.54) is 51.9 Å². The molecule has 2 heteroatoms. The Morgan fingerprint density at radius 3 is 2.65 bits per heavy atom. The van der Waals surface area contributed by atoms with Crippen LogP contribution >= 0.6 is 0 Å². The predicted molar refractivity (Wildman–Crippen MR) is 76.4 cm³/mol. The maximum Gasteiger partial charge on any atom is 0.0120 e. The summed E-state index contributed by atoms with van der Waals surface area (Å²) in [5.74, 6) is 1.71. The minimum Gasteiger partial charge on any atom is -0.314 e. The zero-order chi connectivity index (χ0) is 12.7. The fourth-order valence-corrected chi connectivity index (χ4v) is 2.86. The SMILES string of the molecule is CCCNC1CCN(CC(C)CC)CC1CC. The van der Waals surface area contributed by atoms with E-state index >= 15 is 0 Å². The second-order valence-corrected chi connectivity index (χ2v) is 5.79. The predicted octanol–water partition coefficient (Wildman–Crippen LogP) is 3.13. The molecule has 1 N–H and O–H groups in total. The number of nitrogens with one attached hydrogen (secondary N) is 1. The Morgan fingerprint density at radius 1 is 1.29 bits per heavy atom. The maximum absolute atomic E-state index is 3.73. The molecule has 0 spiro atoms. The number of hydrogen-bond acceptors (Lipinski definition) is 2. The summed E-state index contributed by atoms with van der Waals surface area (Å²) in [6.45, 7) is 14.4. The Labute approximate surface area is 108 Å². The number of rotatable bonds is 7. The van der Waals surface area contributed by atoms with Crippen LogP contribution in [-0.4, -0.2) is 37.1 Å². The van der Waals surface area contributed by atoms with Gasteiger partial charge in [0.2, 0.25) is 0 Å². The van der Waals surface area contributed by atoms with Gasteiger partial charge in [-0.3, -0.25) is 0 Å². The average Bonchev–Trinajstić information content (AvgIpc) is 2.36. The lowest BCUT2D eigenvalue weighted by Gasteiger charge is -2.39. The molecule has 0 amide bonds. The van der Waals surface area contributed by atoms with Crippen LogP contribution in [0.2, 0.25) is 0 Å². The van der Waals surface area contributed by atoms with Gasteiger partial charge in [0.25, 0.3) is 0 Å². The van der Waals surface area contributed by atoms with Gasteiger partial charge in [-0.2, -0.15) is 0 Å². The summed E-state index contributed by atoms with van der Waals surface area (Å²) in [7, 11) is 0. The van der Waals surface area contributed by atoms with Gasteiger partial charge in [0, 0.05) is 19.1 Å². The van der Waals surface area contributed by atoms with E-state index in [0.717, 1.165) is 17.9 Å². The molecule has 3 atom stereocenters. The van der Waals surface area contributed by atoms with Crippen molar-refractivity contribution in [2.24, 2.45) is 11.8 Å². The van der Waals surface area contributed by atoms with Crippen LogP contribution in [0.3, 0.4) is 0 Å². The van der Waals surface area contributed by atoms with E-state index in [4.69, 9.17) is 0 Å². The van der Waals surface area contributed by atoms with Crippen LogP contribution in [-0.2, 0) is 0 Å². The topological polar surface area (TPSA) is 15.3 Å². The fraction of sp³-hybridized carbons (Fsp3) is 1.00. The maximum atomic E-state index is 3.73. The minimum atomic E-state index is 0.771. The average molecular weight is 240 g/mol. The monoisotopic (exact) mass is 240 g/mol. The Bertz CT molecular complexity index is 193. The lowest BCUT2D eigenvalue weighted by molar-refractivity contribution is 0.120. The third-order valence-corrected chi connectivity index (χ3v) is 4.27. The molecule has 0 aromatic rings. The van der Waals surface area contributed by atoms with Gasteiger partial charge in [-0.15, -0.1) is 0 Å². The number of likely N-dealkylation sites (tertiary alicyclic amines) is 1. The lowest BCUT2D eigenvalue weighted by atomic mass is 9.89. The van der Waals surface area contributed by atoms with Crippen LogP contribution < -0.4 is 5.32 Å². The van der Waals surface area contributed by atoms with Crippen molar-refractivity contribution in [1.29, 1.82) is 0 Å². The first kappa shape index (κ1) is 15.0. The Kier molecular flexibility index (Phi) is 7.14. The molecule has 1 aliphatic rings. The van der Waals surface area contributed by atoms with Crippen LogP contribution in [0.15, 0.2) is 0 Å². The van der Waals surface area contributed by atoms with Crippen LogP contribution in [0.1, 0.15) is 53.4 Å². The van der Waals surface area contributed by atoms with Crippen molar-refractivity contribution < 1.29 is 0 Å². The third kappa shape index (κ3) is 4.97. The quantitative estimate of drug-likeness (QED) is 0.735. The second-order valence-electron chi connectivity index (χ2n) is 5.79. The summed E-state index contributed by atoms with van der Waals surface area (Å²) < 4.78 is 0. The molecule has 0 aromatic carbocycles.